The Kier molecular flexibility index (Phi) is 4.11. The number of carbonyl (C=O) groups is 1. The molecule has 2 heterocycles. The molecule has 0 saturated carbocycles. The molecule has 138 valence electrons. The van der Waals surface area contributed by atoms with Crippen LogP contribution < -0.4 is 9.47 Å². The quantitative estimate of drug-likeness (QED) is 0.855. The van der Waals surface area contributed by atoms with Crippen LogP contribution in [0.25, 0.3) is 0 Å². The number of sulfonamides is 1. The minimum absolute atomic E-state index is 0.0841. The van der Waals surface area contributed by atoms with Gasteiger partial charge in [0.25, 0.3) is 0 Å². The van der Waals surface area contributed by atoms with Gasteiger partial charge in [0.1, 0.15) is 0 Å². The van der Waals surface area contributed by atoms with Crippen LogP contribution in [0.5, 0.6) is 11.5 Å². The summed E-state index contributed by atoms with van der Waals surface area (Å²) in [4.78, 5) is 10.9. The molecule has 0 aliphatic carbocycles. The van der Waals surface area contributed by atoms with Crippen LogP contribution in [0.1, 0.15) is 5.56 Å². The summed E-state index contributed by atoms with van der Waals surface area (Å²) in [5.41, 5.74) is 0.270. The number of fused-ring (bicyclic) bond motifs is 1. The van der Waals surface area contributed by atoms with Gasteiger partial charge in [0.15, 0.2) is 11.5 Å². The number of nitrogens with zero attached hydrogens (tertiary/aromatic N) is 1. The number of halogens is 3. The van der Waals surface area contributed by atoms with Crippen molar-refractivity contribution in [2.75, 3.05) is 19.9 Å². The van der Waals surface area contributed by atoms with Crippen molar-refractivity contribution in [2.24, 2.45) is 11.8 Å². The molecule has 1 aromatic carbocycles. The number of hydrogen-bond acceptors (Lipinski definition) is 5. The fourth-order valence-electron chi connectivity index (χ4n) is 2.99. The van der Waals surface area contributed by atoms with E-state index in [4.69, 9.17) is 14.6 Å². The predicted molar refractivity (Wildman–Crippen MR) is 76.7 cm³/mol. The molecule has 0 radical (unpaired) electrons. The van der Waals surface area contributed by atoms with Gasteiger partial charge in [-0.15, -0.1) is 0 Å². The number of hydrogen-bond donors (Lipinski definition) is 1. The zero-order valence-electron chi connectivity index (χ0n) is 12.9. The van der Waals surface area contributed by atoms with E-state index in [1.165, 1.54) is 19.1 Å². The van der Waals surface area contributed by atoms with Crippen molar-refractivity contribution in [3.05, 3.63) is 17.7 Å². The maximum Gasteiger partial charge on any atom is 0.393 e. The second-order valence-electron chi connectivity index (χ2n) is 5.89. The second-order valence-corrected chi connectivity index (χ2v) is 7.79. The maximum absolute atomic E-state index is 13.1. The van der Waals surface area contributed by atoms with E-state index in [9.17, 15) is 26.4 Å². The van der Waals surface area contributed by atoms with Crippen LogP contribution in [-0.4, -0.2) is 49.9 Å². The fraction of sp³-hybridized carbons (Fsp3) is 0.500. The van der Waals surface area contributed by atoms with Gasteiger partial charge in [-0.25, -0.2) is 8.42 Å². The van der Waals surface area contributed by atoms with Crippen molar-refractivity contribution >= 4 is 16.0 Å². The van der Waals surface area contributed by atoms with E-state index >= 15 is 0 Å². The third-order valence-corrected chi connectivity index (χ3v) is 6.29. The molecule has 1 saturated heterocycles. The molecule has 1 aromatic rings. The molecule has 0 bridgehead atoms. The summed E-state index contributed by atoms with van der Waals surface area (Å²) in [7, 11) is -4.32. The minimum atomic E-state index is -4.81. The largest absolute Gasteiger partial charge is 0.481 e. The first-order valence-corrected chi connectivity index (χ1v) is 8.65. The van der Waals surface area contributed by atoms with E-state index < -0.39 is 47.1 Å². The van der Waals surface area contributed by atoms with Crippen LogP contribution in [0, 0.1) is 18.8 Å². The summed E-state index contributed by atoms with van der Waals surface area (Å²) in [6.07, 6.45) is -4.81. The van der Waals surface area contributed by atoms with Gasteiger partial charge in [0.2, 0.25) is 16.8 Å². The van der Waals surface area contributed by atoms with Crippen LogP contribution in [0.2, 0.25) is 0 Å². The zero-order valence-corrected chi connectivity index (χ0v) is 13.7. The van der Waals surface area contributed by atoms with E-state index in [0.717, 1.165) is 0 Å². The molecule has 3 rings (SSSR count). The minimum Gasteiger partial charge on any atom is -0.481 e. The molecule has 1 N–H and O–H groups in total. The van der Waals surface area contributed by atoms with Gasteiger partial charge < -0.3 is 14.6 Å². The second kappa shape index (κ2) is 5.77. The number of aryl methyl sites for hydroxylation is 1. The molecular weight excluding hydrogens is 367 g/mol. The van der Waals surface area contributed by atoms with E-state index in [1.807, 2.05) is 0 Å². The number of rotatable bonds is 3. The highest BCUT2D eigenvalue weighted by Crippen LogP contribution is 2.42. The Balaban J connectivity index is 1.97. The highest BCUT2D eigenvalue weighted by Gasteiger charge is 2.55. The lowest BCUT2D eigenvalue weighted by atomic mass is 9.96. The van der Waals surface area contributed by atoms with Gasteiger partial charge in [0, 0.05) is 19.2 Å². The third kappa shape index (κ3) is 3.01. The smallest absolute Gasteiger partial charge is 0.393 e. The molecule has 0 unspecified atom stereocenters. The molecular formula is C14H14F3NO6S. The number of benzene rings is 1. The van der Waals surface area contributed by atoms with Gasteiger partial charge in [-0.05, 0) is 18.6 Å². The molecule has 7 nitrogen and oxygen atoms in total. The first-order chi connectivity index (χ1) is 11.5. The molecule has 0 aromatic heterocycles. The van der Waals surface area contributed by atoms with Crippen molar-refractivity contribution in [1.29, 1.82) is 0 Å². The summed E-state index contributed by atoms with van der Waals surface area (Å²) in [5.74, 6) is -5.26. The Bertz CT molecular complexity index is 823. The lowest BCUT2D eigenvalue weighted by Crippen LogP contribution is -2.34. The predicted octanol–water partition coefficient (Wildman–Crippen LogP) is 1.61. The highest BCUT2D eigenvalue weighted by molar-refractivity contribution is 7.89. The van der Waals surface area contributed by atoms with E-state index in [1.54, 1.807) is 0 Å². The van der Waals surface area contributed by atoms with E-state index in [-0.39, 0.29) is 23.0 Å². The van der Waals surface area contributed by atoms with Crippen LogP contribution >= 0.6 is 0 Å². The summed E-state index contributed by atoms with van der Waals surface area (Å²) < 4.78 is 75.5. The van der Waals surface area contributed by atoms with Gasteiger partial charge in [0.05, 0.1) is 16.7 Å². The number of carboxylic acids is 1. The summed E-state index contributed by atoms with van der Waals surface area (Å²) >= 11 is 0. The van der Waals surface area contributed by atoms with Gasteiger partial charge in [-0.3, -0.25) is 4.79 Å². The number of carboxylic acid groups (broad SMARTS) is 1. The summed E-state index contributed by atoms with van der Waals surface area (Å²) in [5, 5.41) is 9.02. The third-order valence-electron chi connectivity index (χ3n) is 4.31. The van der Waals surface area contributed by atoms with Crippen molar-refractivity contribution in [3.8, 4) is 11.5 Å². The van der Waals surface area contributed by atoms with Gasteiger partial charge in [-0.1, -0.05) is 0 Å². The SMILES string of the molecule is Cc1cc2c(cc1S(=O)(=O)N1C[C@@H](C(F)(F)F)[C@H](C(=O)O)C1)OCO2. The fourth-order valence-corrected chi connectivity index (χ4v) is 4.70. The van der Waals surface area contributed by atoms with Gasteiger partial charge in [-0.2, -0.15) is 17.5 Å². The molecule has 2 aliphatic heterocycles. The Hall–Kier alpha value is -2.01. The zero-order chi connectivity index (χ0) is 18.6. The van der Waals surface area contributed by atoms with Crippen molar-refractivity contribution in [2.45, 2.75) is 18.0 Å². The molecule has 11 heteroatoms. The van der Waals surface area contributed by atoms with Crippen molar-refractivity contribution in [3.63, 3.8) is 0 Å². The van der Waals surface area contributed by atoms with Crippen LogP contribution in [-0.2, 0) is 14.8 Å². The number of alkyl halides is 3. The molecule has 0 spiro atoms. The van der Waals surface area contributed by atoms with Crippen LogP contribution in [0.4, 0.5) is 13.2 Å². The average Bonchev–Trinajstić information content (AvgIpc) is 3.12. The Morgan fingerprint density at radius 3 is 2.36 bits per heavy atom. The topological polar surface area (TPSA) is 93.1 Å². The lowest BCUT2D eigenvalue weighted by Gasteiger charge is -2.19. The molecule has 2 atom stereocenters. The standard InChI is InChI=1S/C14H14F3NO6S/c1-7-2-10-11(24-6-23-10)3-12(7)25(21,22)18-4-8(13(19)20)9(5-18)14(15,16)17/h2-3,8-9H,4-6H2,1H3,(H,19,20)/t8-,9-/m1/s1. The summed E-state index contributed by atoms with van der Waals surface area (Å²) in [6, 6.07) is 2.60. The molecule has 25 heavy (non-hydrogen) atoms. The lowest BCUT2D eigenvalue weighted by molar-refractivity contribution is -0.187. The number of ether oxygens (including phenoxy) is 2. The summed E-state index contributed by atoms with van der Waals surface area (Å²) in [6.45, 7) is -0.285. The average molecular weight is 381 g/mol. The van der Waals surface area contributed by atoms with Crippen molar-refractivity contribution < 1.29 is 41.0 Å². The normalized spacial score (nSPS) is 23.8. The molecule has 0 amide bonds. The number of aliphatic carboxylic acids is 1. The monoisotopic (exact) mass is 381 g/mol. The molecule has 1 fully saturated rings. The van der Waals surface area contributed by atoms with E-state index in [2.05, 4.69) is 0 Å². The Morgan fingerprint density at radius 1 is 1.24 bits per heavy atom. The van der Waals surface area contributed by atoms with E-state index in [0.29, 0.717) is 10.1 Å². The first kappa shape index (κ1) is 17.8. The maximum atomic E-state index is 13.1. The molecule has 2 aliphatic rings. The Morgan fingerprint density at radius 2 is 1.84 bits per heavy atom. The van der Waals surface area contributed by atoms with Gasteiger partial charge >= 0.3 is 12.1 Å². The van der Waals surface area contributed by atoms with Crippen molar-refractivity contribution in [1.82, 2.24) is 4.31 Å². The Labute approximate surface area is 141 Å². The van der Waals surface area contributed by atoms with Crippen LogP contribution in [0.3, 0.4) is 0 Å². The first-order valence-electron chi connectivity index (χ1n) is 7.21. The van der Waals surface area contributed by atoms with Crippen LogP contribution in [0.15, 0.2) is 17.0 Å². The highest BCUT2D eigenvalue weighted by atomic mass is 32.2.